The average molecular weight is 552 g/mol. The van der Waals surface area contributed by atoms with Gasteiger partial charge in [0.25, 0.3) is 5.89 Å². The third-order valence-corrected chi connectivity index (χ3v) is 6.98. The summed E-state index contributed by atoms with van der Waals surface area (Å²) in [5.74, 6) is -1.24. The van der Waals surface area contributed by atoms with Gasteiger partial charge in [-0.2, -0.15) is 8.78 Å². The van der Waals surface area contributed by atoms with E-state index in [4.69, 9.17) is 8.83 Å². The summed E-state index contributed by atoms with van der Waals surface area (Å²) < 4.78 is 52.3. The Kier molecular flexibility index (Phi) is 6.80. The molecule has 0 radical (unpaired) electrons. The minimum atomic E-state index is -2.88. The molecule has 4 aromatic heterocycles. The molecule has 0 spiro atoms. The second kappa shape index (κ2) is 10.6. The summed E-state index contributed by atoms with van der Waals surface area (Å²) in [7, 11) is 0. The highest BCUT2D eigenvalue weighted by Crippen LogP contribution is 2.29. The van der Waals surface area contributed by atoms with E-state index in [-0.39, 0.29) is 29.1 Å². The van der Waals surface area contributed by atoms with E-state index in [1.807, 2.05) is 12.1 Å². The van der Waals surface area contributed by atoms with Crippen molar-refractivity contribution in [2.75, 3.05) is 37.6 Å². The molecular formula is C27H24F3N7O3. The van der Waals surface area contributed by atoms with Crippen molar-refractivity contribution in [3.63, 3.8) is 0 Å². The van der Waals surface area contributed by atoms with E-state index in [1.54, 1.807) is 18.3 Å². The number of hydrogen-bond donors (Lipinski definition) is 0. The van der Waals surface area contributed by atoms with Gasteiger partial charge in [0.05, 0.1) is 23.3 Å². The topological polar surface area (TPSA) is 106 Å². The van der Waals surface area contributed by atoms with Gasteiger partial charge < -0.3 is 18.6 Å². The second-order valence-corrected chi connectivity index (χ2v) is 9.36. The molecule has 1 saturated heterocycles. The number of rotatable bonds is 7. The molecule has 1 aliphatic heterocycles. The lowest BCUT2D eigenvalue weighted by molar-refractivity contribution is 0.116. The van der Waals surface area contributed by atoms with E-state index < -0.39 is 23.9 Å². The first-order valence-corrected chi connectivity index (χ1v) is 12.7. The van der Waals surface area contributed by atoms with Crippen LogP contribution in [0.15, 0.2) is 62.4 Å². The first-order valence-electron chi connectivity index (χ1n) is 12.7. The zero-order valence-corrected chi connectivity index (χ0v) is 21.4. The normalized spacial score (nSPS) is 14.5. The number of pyridine rings is 2. The number of halogens is 3. The molecule has 0 aliphatic carbocycles. The predicted molar refractivity (Wildman–Crippen MR) is 140 cm³/mol. The number of fused-ring (bicyclic) bond motifs is 1. The number of likely N-dealkylation sites (N-methyl/N-ethyl adjacent to an activating group) is 1. The van der Waals surface area contributed by atoms with Gasteiger partial charge in [0.1, 0.15) is 11.6 Å². The van der Waals surface area contributed by atoms with E-state index >= 15 is 4.39 Å². The molecule has 40 heavy (non-hydrogen) atoms. The number of benzene rings is 1. The maximum Gasteiger partial charge on any atom is 0.420 e. The van der Waals surface area contributed by atoms with Gasteiger partial charge in [-0.1, -0.05) is 6.92 Å². The summed E-state index contributed by atoms with van der Waals surface area (Å²) >= 11 is 0. The van der Waals surface area contributed by atoms with Crippen LogP contribution in [0.3, 0.4) is 0 Å². The number of aromatic nitrogens is 5. The highest BCUT2D eigenvalue weighted by atomic mass is 19.3. The third-order valence-electron chi connectivity index (χ3n) is 6.98. The SMILES string of the molecule is CCN1CCN(c2ccc(-c3cc4oc(=O)n(Cc5ccc(-c6nnc(C(F)F)o6)cn5)c4cc3F)cn2)CC1. The van der Waals surface area contributed by atoms with Gasteiger partial charge in [0.2, 0.25) is 5.89 Å². The number of anilines is 1. The molecule has 0 bridgehead atoms. The molecule has 10 nitrogen and oxygen atoms in total. The van der Waals surface area contributed by atoms with Crippen LogP contribution >= 0.6 is 0 Å². The number of hydrogen-bond acceptors (Lipinski definition) is 9. The molecule has 6 rings (SSSR count). The Balaban J connectivity index is 1.22. The van der Waals surface area contributed by atoms with Crippen molar-refractivity contribution in [2.24, 2.45) is 0 Å². The molecule has 0 amide bonds. The first-order chi connectivity index (χ1) is 19.4. The van der Waals surface area contributed by atoms with Crippen LogP contribution in [0.25, 0.3) is 33.7 Å². The summed E-state index contributed by atoms with van der Waals surface area (Å²) in [5, 5.41) is 6.88. The van der Waals surface area contributed by atoms with Crippen LogP contribution in [0.4, 0.5) is 19.0 Å². The molecule has 0 atom stereocenters. The van der Waals surface area contributed by atoms with Gasteiger partial charge in [-0.25, -0.2) is 14.2 Å². The van der Waals surface area contributed by atoms with Crippen LogP contribution in [0, 0.1) is 5.82 Å². The number of piperazine rings is 1. The van der Waals surface area contributed by atoms with Gasteiger partial charge >= 0.3 is 12.2 Å². The van der Waals surface area contributed by atoms with Crippen LogP contribution in [-0.2, 0) is 6.54 Å². The van der Waals surface area contributed by atoms with Crippen LogP contribution in [0.5, 0.6) is 0 Å². The van der Waals surface area contributed by atoms with Crippen molar-refractivity contribution < 1.29 is 22.0 Å². The Morgan fingerprint density at radius 1 is 0.950 bits per heavy atom. The van der Waals surface area contributed by atoms with Gasteiger partial charge in [-0.3, -0.25) is 9.55 Å². The summed E-state index contributed by atoms with van der Waals surface area (Å²) in [4.78, 5) is 26.0. The third kappa shape index (κ3) is 4.95. The lowest BCUT2D eigenvalue weighted by Gasteiger charge is -2.34. The number of alkyl halides is 2. The lowest BCUT2D eigenvalue weighted by Crippen LogP contribution is -2.46. The van der Waals surface area contributed by atoms with Crippen LogP contribution < -0.4 is 10.7 Å². The Morgan fingerprint density at radius 2 is 1.73 bits per heavy atom. The van der Waals surface area contributed by atoms with Crippen LogP contribution in [0.2, 0.25) is 0 Å². The largest absolute Gasteiger partial charge is 0.420 e. The Hall–Kier alpha value is -4.52. The molecule has 0 N–H and O–H groups in total. The van der Waals surface area contributed by atoms with E-state index in [0.29, 0.717) is 16.8 Å². The van der Waals surface area contributed by atoms with Gasteiger partial charge in [0.15, 0.2) is 5.58 Å². The van der Waals surface area contributed by atoms with Crippen molar-refractivity contribution in [3.8, 4) is 22.6 Å². The molecule has 1 fully saturated rings. The van der Waals surface area contributed by atoms with E-state index in [2.05, 4.69) is 36.9 Å². The maximum absolute atomic E-state index is 15.3. The van der Waals surface area contributed by atoms with Crippen LogP contribution in [0.1, 0.15) is 24.9 Å². The van der Waals surface area contributed by atoms with Gasteiger partial charge in [-0.15, -0.1) is 10.2 Å². The van der Waals surface area contributed by atoms with Crippen LogP contribution in [-0.4, -0.2) is 62.4 Å². The van der Waals surface area contributed by atoms with Crippen molar-refractivity contribution in [2.45, 2.75) is 19.9 Å². The number of nitrogens with zero attached hydrogens (tertiary/aromatic N) is 7. The summed E-state index contributed by atoms with van der Waals surface area (Å²) in [6, 6.07) is 9.56. The molecular weight excluding hydrogens is 527 g/mol. The minimum absolute atomic E-state index is 0.00142. The standard InChI is InChI=1S/C27H24F3N7O3/c1-2-35-7-9-36(10-8-35)23-6-4-16(13-32-23)19-11-22-21(12-20(19)28)37(27(38)39-22)15-18-5-3-17(14-31-18)25-33-34-26(40-25)24(29)30/h3-6,11-14,24H,2,7-10,15H2,1H3. The molecule has 5 aromatic rings. The highest BCUT2D eigenvalue weighted by molar-refractivity contribution is 5.81. The molecule has 1 aromatic carbocycles. The fourth-order valence-corrected chi connectivity index (χ4v) is 4.73. The predicted octanol–water partition coefficient (Wildman–Crippen LogP) is 4.37. The zero-order chi connectivity index (χ0) is 27.8. The maximum atomic E-state index is 15.3. The minimum Gasteiger partial charge on any atom is -0.415 e. The smallest absolute Gasteiger partial charge is 0.415 e. The van der Waals surface area contributed by atoms with Crippen molar-refractivity contribution in [1.82, 2.24) is 29.6 Å². The number of oxazole rings is 1. The average Bonchev–Trinajstić information content (AvgIpc) is 3.59. The fraction of sp³-hybridized carbons (Fsp3) is 0.296. The zero-order valence-electron chi connectivity index (χ0n) is 21.4. The highest BCUT2D eigenvalue weighted by Gasteiger charge is 2.20. The fourth-order valence-electron chi connectivity index (χ4n) is 4.73. The van der Waals surface area contributed by atoms with E-state index in [0.717, 1.165) is 38.5 Å². The summed E-state index contributed by atoms with van der Waals surface area (Å²) in [6.07, 6.45) is 0.114. The summed E-state index contributed by atoms with van der Waals surface area (Å²) in [6.45, 7) is 6.88. The molecule has 0 saturated carbocycles. The van der Waals surface area contributed by atoms with Crippen molar-refractivity contribution in [1.29, 1.82) is 0 Å². The Bertz CT molecular complexity index is 1690. The molecule has 13 heteroatoms. The monoisotopic (exact) mass is 551 g/mol. The van der Waals surface area contributed by atoms with Gasteiger partial charge in [0, 0.05) is 55.8 Å². The van der Waals surface area contributed by atoms with E-state index in [9.17, 15) is 13.6 Å². The van der Waals surface area contributed by atoms with Crippen molar-refractivity contribution in [3.05, 3.63) is 76.7 Å². The van der Waals surface area contributed by atoms with Crippen molar-refractivity contribution >= 4 is 16.9 Å². The van der Waals surface area contributed by atoms with Gasteiger partial charge in [-0.05, 0) is 36.9 Å². The first kappa shape index (κ1) is 25.7. The lowest BCUT2D eigenvalue weighted by atomic mass is 10.1. The Labute approximate surface area is 225 Å². The Morgan fingerprint density at radius 3 is 2.38 bits per heavy atom. The van der Waals surface area contributed by atoms with E-state index in [1.165, 1.54) is 22.9 Å². The summed E-state index contributed by atoms with van der Waals surface area (Å²) in [5.41, 5.74) is 2.13. The molecule has 1 aliphatic rings. The molecule has 206 valence electrons. The quantitative estimate of drug-likeness (QED) is 0.292. The second-order valence-electron chi connectivity index (χ2n) is 9.36. The molecule has 5 heterocycles. The molecule has 0 unspecified atom stereocenters.